The molecule has 1 atom stereocenters. The Kier molecular flexibility index (Phi) is 4.63. The second-order valence-corrected chi connectivity index (χ2v) is 4.35. The largest absolute Gasteiger partial charge is 0.335 e. The normalized spacial score (nSPS) is 12.6. The van der Waals surface area contributed by atoms with Gasteiger partial charge in [-0.15, -0.1) is 0 Å². The third kappa shape index (κ3) is 3.38. The van der Waals surface area contributed by atoms with E-state index in [9.17, 15) is 4.39 Å². The van der Waals surface area contributed by atoms with Crippen LogP contribution in [0, 0.1) is 5.82 Å². The molecule has 1 unspecified atom stereocenters. The summed E-state index contributed by atoms with van der Waals surface area (Å²) in [6, 6.07) is 3.22. The van der Waals surface area contributed by atoms with Crippen LogP contribution in [-0.4, -0.2) is 21.1 Å². The van der Waals surface area contributed by atoms with E-state index in [1.165, 1.54) is 12.3 Å². The first kappa shape index (κ1) is 13.7. The summed E-state index contributed by atoms with van der Waals surface area (Å²) in [5.74, 6) is 0.702. The van der Waals surface area contributed by atoms with Gasteiger partial charge in [-0.3, -0.25) is 4.98 Å². The van der Waals surface area contributed by atoms with E-state index in [0.717, 1.165) is 31.0 Å². The second-order valence-electron chi connectivity index (χ2n) is 4.35. The summed E-state index contributed by atoms with van der Waals surface area (Å²) < 4.78 is 15.0. The third-order valence-corrected chi connectivity index (χ3v) is 3.09. The quantitative estimate of drug-likeness (QED) is 0.869. The van der Waals surface area contributed by atoms with Crippen molar-refractivity contribution in [3.05, 3.63) is 48.1 Å². The van der Waals surface area contributed by atoms with E-state index in [1.54, 1.807) is 12.3 Å². The van der Waals surface area contributed by atoms with Gasteiger partial charge < -0.3 is 9.88 Å². The van der Waals surface area contributed by atoms with E-state index in [0.29, 0.717) is 0 Å². The molecule has 4 nitrogen and oxygen atoms in total. The number of imidazole rings is 1. The second kappa shape index (κ2) is 6.43. The fourth-order valence-electron chi connectivity index (χ4n) is 2.12. The molecule has 0 aliphatic heterocycles. The molecule has 2 aromatic rings. The Morgan fingerprint density at radius 1 is 1.32 bits per heavy atom. The summed E-state index contributed by atoms with van der Waals surface area (Å²) in [4.78, 5) is 8.53. The van der Waals surface area contributed by atoms with E-state index in [-0.39, 0.29) is 11.9 Å². The Morgan fingerprint density at radius 3 is 2.79 bits per heavy atom. The molecular formula is C14H19FN4. The maximum Gasteiger partial charge on any atom is 0.141 e. The van der Waals surface area contributed by atoms with E-state index in [2.05, 4.69) is 26.8 Å². The molecular weight excluding hydrogens is 243 g/mol. The summed E-state index contributed by atoms with van der Waals surface area (Å²) in [6.07, 6.45) is 5.77. The molecule has 2 aromatic heterocycles. The fourth-order valence-corrected chi connectivity index (χ4v) is 2.12. The van der Waals surface area contributed by atoms with Gasteiger partial charge in [0.1, 0.15) is 11.6 Å². The Morgan fingerprint density at radius 2 is 2.16 bits per heavy atom. The zero-order chi connectivity index (χ0) is 13.7. The van der Waals surface area contributed by atoms with Gasteiger partial charge in [-0.05, 0) is 25.6 Å². The van der Waals surface area contributed by atoms with Gasteiger partial charge in [0, 0.05) is 25.4 Å². The van der Waals surface area contributed by atoms with Gasteiger partial charge >= 0.3 is 0 Å². The van der Waals surface area contributed by atoms with E-state index in [1.807, 2.05) is 13.1 Å². The molecule has 0 aliphatic rings. The highest BCUT2D eigenvalue weighted by Gasteiger charge is 2.15. The maximum atomic E-state index is 12.9. The molecule has 19 heavy (non-hydrogen) atoms. The number of hydrogen-bond donors (Lipinski definition) is 1. The maximum absolute atomic E-state index is 12.9. The van der Waals surface area contributed by atoms with Crippen molar-refractivity contribution in [2.45, 2.75) is 32.9 Å². The molecule has 102 valence electrons. The minimum absolute atomic E-state index is 0.0540. The van der Waals surface area contributed by atoms with Crippen molar-refractivity contribution < 1.29 is 4.39 Å². The summed E-state index contributed by atoms with van der Waals surface area (Å²) in [5.41, 5.74) is 0.842. The number of nitrogens with one attached hydrogen (secondary N) is 1. The van der Waals surface area contributed by atoms with Crippen molar-refractivity contribution in [2.75, 3.05) is 6.54 Å². The lowest BCUT2D eigenvalue weighted by Gasteiger charge is -2.17. The van der Waals surface area contributed by atoms with Crippen LogP contribution in [0.2, 0.25) is 0 Å². The van der Waals surface area contributed by atoms with Gasteiger partial charge in [-0.25, -0.2) is 9.37 Å². The van der Waals surface area contributed by atoms with Crippen LogP contribution in [0.15, 0.2) is 30.7 Å². The summed E-state index contributed by atoms with van der Waals surface area (Å²) in [5, 5.41) is 3.37. The summed E-state index contributed by atoms with van der Waals surface area (Å²) in [6.45, 7) is 5.86. The minimum atomic E-state index is -0.311. The van der Waals surface area contributed by atoms with Crippen LogP contribution >= 0.6 is 0 Å². The Bertz CT molecular complexity index is 506. The van der Waals surface area contributed by atoms with Crippen molar-refractivity contribution >= 4 is 0 Å². The Hall–Kier alpha value is -1.75. The first-order valence-corrected chi connectivity index (χ1v) is 6.59. The SMILES string of the molecule is CCNC(Cc1nccn1CC)c1ccc(F)cn1. The van der Waals surface area contributed by atoms with Crippen LogP contribution in [0.4, 0.5) is 4.39 Å². The molecule has 0 aliphatic carbocycles. The summed E-state index contributed by atoms with van der Waals surface area (Å²) >= 11 is 0. The molecule has 2 heterocycles. The minimum Gasteiger partial charge on any atom is -0.335 e. The van der Waals surface area contributed by atoms with Gasteiger partial charge in [0.25, 0.3) is 0 Å². The van der Waals surface area contributed by atoms with Crippen molar-refractivity contribution in [3.63, 3.8) is 0 Å². The van der Waals surface area contributed by atoms with Crippen LogP contribution in [0.1, 0.15) is 31.4 Å². The smallest absolute Gasteiger partial charge is 0.141 e. The molecule has 0 saturated heterocycles. The van der Waals surface area contributed by atoms with Crippen molar-refractivity contribution in [3.8, 4) is 0 Å². The standard InChI is InChI=1S/C14H19FN4/c1-3-16-13(12-6-5-11(15)10-18-12)9-14-17-7-8-19(14)4-2/h5-8,10,13,16H,3-4,9H2,1-2H3. The third-order valence-electron chi connectivity index (χ3n) is 3.09. The van der Waals surface area contributed by atoms with Crippen LogP contribution < -0.4 is 5.32 Å². The molecule has 0 bridgehead atoms. The van der Waals surface area contributed by atoms with Crippen molar-refractivity contribution in [2.24, 2.45) is 0 Å². The van der Waals surface area contributed by atoms with Crippen LogP contribution in [-0.2, 0) is 13.0 Å². The molecule has 1 N–H and O–H groups in total. The van der Waals surface area contributed by atoms with E-state index >= 15 is 0 Å². The molecule has 0 spiro atoms. The predicted octanol–water partition coefficient (Wildman–Crippen LogP) is 2.33. The number of nitrogens with zero attached hydrogens (tertiary/aromatic N) is 3. The van der Waals surface area contributed by atoms with Gasteiger partial charge in [0.2, 0.25) is 0 Å². The lowest BCUT2D eigenvalue weighted by atomic mass is 10.1. The Balaban J connectivity index is 2.18. The van der Waals surface area contributed by atoms with Gasteiger partial charge in [0.15, 0.2) is 0 Å². The van der Waals surface area contributed by atoms with Crippen LogP contribution in [0.25, 0.3) is 0 Å². The van der Waals surface area contributed by atoms with Gasteiger partial charge in [-0.2, -0.15) is 0 Å². The first-order valence-electron chi connectivity index (χ1n) is 6.59. The fraction of sp³-hybridized carbons (Fsp3) is 0.429. The molecule has 0 fully saturated rings. The zero-order valence-corrected chi connectivity index (χ0v) is 11.3. The highest BCUT2D eigenvalue weighted by atomic mass is 19.1. The Labute approximate surface area is 112 Å². The monoisotopic (exact) mass is 262 g/mol. The van der Waals surface area contributed by atoms with Crippen LogP contribution in [0.5, 0.6) is 0 Å². The highest BCUT2D eigenvalue weighted by Crippen LogP contribution is 2.16. The highest BCUT2D eigenvalue weighted by molar-refractivity contribution is 5.12. The van der Waals surface area contributed by atoms with Crippen molar-refractivity contribution in [1.82, 2.24) is 19.9 Å². The van der Waals surface area contributed by atoms with Crippen LogP contribution in [0.3, 0.4) is 0 Å². The molecule has 0 radical (unpaired) electrons. The topological polar surface area (TPSA) is 42.7 Å². The van der Waals surface area contributed by atoms with Gasteiger partial charge in [-0.1, -0.05) is 6.92 Å². The number of aryl methyl sites for hydroxylation is 1. The lowest BCUT2D eigenvalue weighted by molar-refractivity contribution is 0.508. The zero-order valence-electron chi connectivity index (χ0n) is 11.3. The molecule has 2 rings (SSSR count). The number of likely N-dealkylation sites (N-methyl/N-ethyl adjacent to an activating group) is 1. The molecule has 0 aromatic carbocycles. The summed E-state index contributed by atoms with van der Waals surface area (Å²) in [7, 11) is 0. The number of halogens is 1. The first-order chi connectivity index (χ1) is 9.24. The van der Waals surface area contributed by atoms with Gasteiger partial charge in [0.05, 0.1) is 17.9 Å². The van der Waals surface area contributed by atoms with E-state index < -0.39 is 0 Å². The lowest BCUT2D eigenvalue weighted by Crippen LogP contribution is -2.25. The average molecular weight is 262 g/mol. The molecule has 0 amide bonds. The molecule has 0 saturated carbocycles. The van der Waals surface area contributed by atoms with E-state index in [4.69, 9.17) is 0 Å². The number of hydrogen-bond acceptors (Lipinski definition) is 3. The van der Waals surface area contributed by atoms with Crippen molar-refractivity contribution in [1.29, 1.82) is 0 Å². The average Bonchev–Trinajstić information content (AvgIpc) is 2.86. The molecule has 5 heteroatoms. The number of pyridine rings is 1. The number of rotatable bonds is 6. The number of aromatic nitrogens is 3. The predicted molar refractivity (Wildman–Crippen MR) is 72.2 cm³/mol.